The Bertz CT molecular complexity index is 411. The maximum atomic E-state index is 11.0. The van der Waals surface area contributed by atoms with E-state index in [2.05, 4.69) is 29.2 Å². The highest BCUT2D eigenvalue weighted by Crippen LogP contribution is 2.45. The summed E-state index contributed by atoms with van der Waals surface area (Å²) in [6.45, 7) is 2.85. The topological polar surface area (TPSA) is 40.5 Å². The number of hydrogen-bond acceptors (Lipinski definition) is 2. The van der Waals surface area contributed by atoms with E-state index in [4.69, 9.17) is 5.11 Å². The highest BCUT2D eigenvalue weighted by molar-refractivity contribution is 5.85. The molecule has 3 fully saturated rings. The van der Waals surface area contributed by atoms with Gasteiger partial charge in [0.1, 0.15) is 0 Å². The SMILES string of the molecule is Cl.O=C(O)C1[C@@H]2C[C@H]1CN(Cc1ccccc1)C2. The van der Waals surface area contributed by atoms with Gasteiger partial charge in [-0.2, -0.15) is 0 Å². The van der Waals surface area contributed by atoms with E-state index in [0.29, 0.717) is 11.8 Å². The Labute approximate surface area is 113 Å². The third-order valence-corrected chi connectivity index (χ3v) is 4.14. The number of nitrogens with zero attached hydrogens (tertiary/aromatic N) is 1. The molecule has 3 atom stereocenters. The zero-order valence-electron chi connectivity index (χ0n) is 10.2. The zero-order chi connectivity index (χ0) is 11.8. The molecule has 2 bridgehead atoms. The van der Waals surface area contributed by atoms with Crippen molar-refractivity contribution in [3.63, 3.8) is 0 Å². The number of halogens is 1. The molecule has 0 aromatic heterocycles. The number of aliphatic carboxylic acids is 1. The standard InChI is InChI=1S/C14H17NO2.ClH/c16-14(17)13-11-6-12(13)9-15(8-11)7-10-4-2-1-3-5-10;/h1-5,11-13H,6-9H2,(H,16,17);1H/t11-,12+,13?;. The summed E-state index contributed by atoms with van der Waals surface area (Å²) in [6.07, 6.45) is 1.11. The van der Waals surface area contributed by atoms with Crippen molar-refractivity contribution in [2.24, 2.45) is 17.8 Å². The molecule has 2 saturated heterocycles. The van der Waals surface area contributed by atoms with E-state index in [0.717, 1.165) is 26.1 Å². The van der Waals surface area contributed by atoms with Crippen molar-refractivity contribution >= 4 is 18.4 Å². The van der Waals surface area contributed by atoms with Gasteiger partial charge in [0, 0.05) is 19.6 Å². The van der Waals surface area contributed by atoms with Gasteiger partial charge in [-0.1, -0.05) is 30.3 Å². The van der Waals surface area contributed by atoms with Crippen LogP contribution in [0.5, 0.6) is 0 Å². The lowest BCUT2D eigenvalue weighted by Gasteiger charge is -2.51. The molecular formula is C14H18ClNO2. The minimum atomic E-state index is -0.592. The van der Waals surface area contributed by atoms with Crippen LogP contribution in [0.3, 0.4) is 0 Å². The van der Waals surface area contributed by atoms with Gasteiger partial charge in [-0.05, 0) is 23.8 Å². The van der Waals surface area contributed by atoms with Gasteiger partial charge < -0.3 is 5.11 Å². The van der Waals surface area contributed by atoms with E-state index in [-0.39, 0.29) is 18.3 Å². The normalized spacial score (nSPS) is 30.1. The van der Waals surface area contributed by atoms with Crippen LogP contribution in [0.1, 0.15) is 12.0 Å². The predicted molar refractivity (Wildman–Crippen MR) is 71.7 cm³/mol. The first-order chi connectivity index (χ1) is 8.24. The van der Waals surface area contributed by atoms with Gasteiger partial charge in [-0.3, -0.25) is 9.69 Å². The number of benzene rings is 1. The van der Waals surface area contributed by atoms with Gasteiger partial charge in [0.05, 0.1) is 5.92 Å². The Morgan fingerprint density at radius 3 is 2.39 bits per heavy atom. The van der Waals surface area contributed by atoms with Gasteiger partial charge in [0.2, 0.25) is 0 Å². The fourth-order valence-electron chi connectivity index (χ4n) is 3.36. The molecule has 0 amide bonds. The number of rotatable bonds is 3. The molecule has 2 heterocycles. The largest absolute Gasteiger partial charge is 0.481 e. The summed E-state index contributed by atoms with van der Waals surface area (Å²) in [7, 11) is 0. The lowest BCUT2D eigenvalue weighted by Crippen LogP contribution is -2.57. The third kappa shape index (κ3) is 2.38. The fourth-order valence-corrected chi connectivity index (χ4v) is 3.36. The third-order valence-electron chi connectivity index (χ3n) is 4.14. The van der Waals surface area contributed by atoms with Crippen LogP contribution in [0, 0.1) is 17.8 Å². The molecule has 3 nitrogen and oxygen atoms in total. The Kier molecular flexibility index (Phi) is 3.93. The number of carboxylic acids is 1. The highest BCUT2D eigenvalue weighted by Gasteiger charge is 2.50. The Hall–Kier alpha value is -1.06. The molecule has 18 heavy (non-hydrogen) atoms. The van der Waals surface area contributed by atoms with Crippen LogP contribution in [0.2, 0.25) is 0 Å². The number of carboxylic acid groups (broad SMARTS) is 1. The van der Waals surface area contributed by atoms with Crippen LogP contribution < -0.4 is 0 Å². The molecule has 0 spiro atoms. The van der Waals surface area contributed by atoms with Crippen LogP contribution in [-0.2, 0) is 11.3 Å². The van der Waals surface area contributed by atoms with Crippen molar-refractivity contribution in [1.82, 2.24) is 4.90 Å². The van der Waals surface area contributed by atoms with Crippen molar-refractivity contribution in [3.8, 4) is 0 Å². The second kappa shape index (κ2) is 5.29. The molecule has 1 unspecified atom stereocenters. The van der Waals surface area contributed by atoms with E-state index in [1.54, 1.807) is 0 Å². The van der Waals surface area contributed by atoms with Crippen LogP contribution in [0.15, 0.2) is 30.3 Å². The van der Waals surface area contributed by atoms with E-state index in [1.165, 1.54) is 5.56 Å². The van der Waals surface area contributed by atoms with Crippen LogP contribution in [0.4, 0.5) is 0 Å². The van der Waals surface area contributed by atoms with E-state index in [1.807, 2.05) is 6.07 Å². The summed E-state index contributed by atoms with van der Waals surface area (Å²) in [4.78, 5) is 13.4. The smallest absolute Gasteiger partial charge is 0.307 e. The monoisotopic (exact) mass is 267 g/mol. The Morgan fingerprint density at radius 1 is 1.22 bits per heavy atom. The summed E-state index contributed by atoms with van der Waals surface area (Å²) in [5, 5.41) is 9.10. The van der Waals surface area contributed by atoms with Crippen LogP contribution in [-0.4, -0.2) is 29.1 Å². The minimum absolute atomic E-state index is 0. The van der Waals surface area contributed by atoms with Crippen LogP contribution in [0.25, 0.3) is 0 Å². The second-order valence-electron chi connectivity index (χ2n) is 5.30. The predicted octanol–water partition coefficient (Wildman–Crippen LogP) is 2.26. The quantitative estimate of drug-likeness (QED) is 0.913. The molecule has 2 aliphatic heterocycles. The van der Waals surface area contributed by atoms with E-state index in [9.17, 15) is 4.79 Å². The number of hydrogen-bond donors (Lipinski definition) is 1. The summed E-state index contributed by atoms with van der Waals surface area (Å²) in [5.74, 6) is 0.109. The maximum absolute atomic E-state index is 11.0. The lowest BCUT2D eigenvalue weighted by molar-refractivity contribution is -0.159. The number of fused-ring (bicyclic) bond motifs is 2. The Morgan fingerprint density at radius 2 is 1.83 bits per heavy atom. The van der Waals surface area contributed by atoms with Crippen molar-refractivity contribution in [2.45, 2.75) is 13.0 Å². The second-order valence-corrected chi connectivity index (χ2v) is 5.30. The average Bonchev–Trinajstić information content (AvgIpc) is 2.29. The lowest BCUT2D eigenvalue weighted by atomic mass is 9.61. The average molecular weight is 268 g/mol. The molecular weight excluding hydrogens is 250 g/mol. The molecule has 1 aromatic carbocycles. The first-order valence-corrected chi connectivity index (χ1v) is 6.23. The van der Waals surface area contributed by atoms with Crippen molar-refractivity contribution in [2.75, 3.05) is 13.1 Å². The van der Waals surface area contributed by atoms with Crippen molar-refractivity contribution in [1.29, 1.82) is 0 Å². The van der Waals surface area contributed by atoms with Crippen molar-refractivity contribution < 1.29 is 9.90 Å². The minimum Gasteiger partial charge on any atom is -0.481 e. The van der Waals surface area contributed by atoms with Gasteiger partial charge in [0.15, 0.2) is 0 Å². The molecule has 1 N–H and O–H groups in total. The number of piperidine rings is 2. The Balaban J connectivity index is 0.00000120. The van der Waals surface area contributed by atoms with Gasteiger partial charge in [-0.15, -0.1) is 12.4 Å². The van der Waals surface area contributed by atoms with Gasteiger partial charge >= 0.3 is 5.97 Å². The fraction of sp³-hybridized carbons (Fsp3) is 0.500. The van der Waals surface area contributed by atoms with Gasteiger partial charge in [-0.25, -0.2) is 0 Å². The maximum Gasteiger partial charge on any atom is 0.307 e. The van der Waals surface area contributed by atoms with Crippen LogP contribution >= 0.6 is 12.4 Å². The summed E-state index contributed by atoms with van der Waals surface area (Å²) < 4.78 is 0. The molecule has 4 rings (SSSR count). The molecule has 3 aliphatic rings. The summed E-state index contributed by atoms with van der Waals surface area (Å²) in [5.41, 5.74) is 1.32. The van der Waals surface area contributed by atoms with Crippen molar-refractivity contribution in [3.05, 3.63) is 35.9 Å². The van der Waals surface area contributed by atoms with Gasteiger partial charge in [0.25, 0.3) is 0 Å². The molecule has 1 aliphatic carbocycles. The highest BCUT2D eigenvalue weighted by atomic mass is 35.5. The molecule has 1 aromatic rings. The van der Waals surface area contributed by atoms with E-state index >= 15 is 0 Å². The summed E-state index contributed by atoms with van der Waals surface area (Å²) >= 11 is 0. The molecule has 1 saturated carbocycles. The summed E-state index contributed by atoms with van der Waals surface area (Å²) in [6, 6.07) is 10.4. The zero-order valence-corrected chi connectivity index (χ0v) is 11.0. The molecule has 4 heteroatoms. The first kappa shape index (κ1) is 13.4. The van der Waals surface area contributed by atoms with E-state index < -0.39 is 5.97 Å². The number of carbonyl (C=O) groups is 1. The molecule has 0 radical (unpaired) electrons. The molecule has 98 valence electrons. The first-order valence-electron chi connectivity index (χ1n) is 6.23.